The van der Waals surface area contributed by atoms with Gasteiger partial charge in [0, 0.05) is 47.6 Å². The van der Waals surface area contributed by atoms with Crippen molar-refractivity contribution in [1.82, 2.24) is 10.2 Å². The molecule has 2 atom stereocenters. The first-order valence-corrected chi connectivity index (χ1v) is 12.6. The highest BCUT2D eigenvalue weighted by Crippen LogP contribution is 2.39. The number of piperazine rings is 1. The number of carbonyl (C=O) groups is 1. The Morgan fingerprint density at radius 3 is 2.46 bits per heavy atom. The summed E-state index contributed by atoms with van der Waals surface area (Å²) in [5.41, 5.74) is 0.574. The number of anilines is 2. The first-order valence-electron chi connectivity index (χ1n) is 11.8. The summed E-state index contributed by atoms with van der Waals surface area (Å²) >= 11 is 12.2. The second-order valence-corrected chi connectivity index (χ2v) is 9.92. The zero-order valence-electron chi connectivity index (χ0n) is 19.5. The van der Waals surface area contributed by atoms with Gasteiger partial charge in [0.15, 0.2) is 0 Å². The second kappa shape index (κ2) is 10.8. The maximum absolute atomic E-state index is 13.8. The van der Waals surface area contributed by atoms with E-state index in [0.717, 1.165) is 31.9 Å². The van der Waals surface area contributed by atoms with Crippen molar-refractivity contribution >= 4 is 40.5 Å². The summed E-state index contributed by atoms with van der Waals surface area (Å²) in [5.74, 6) is 0.118. The van der Waals surface area contributed by atoms with Gasteiger partial charge in [-0.1, -0.05) is 35.7 Å². The molecule has 2 fully saturated rings. The molecule has 2 saturated heterocycles. The molecule has 0 aromatic heterocycles. The average Bonchev–Trinajstić information content (AvgIpc) is 2.83. The molecule has 0 bridgehead atoms. The quantitative estimate of drug-likeness (QED) is 0.501. The summed E-state index contributed by atoms with van der Waals surface area (Å²) in [7, 11) is 0. The first kappa shape index (κ1) is 25.9. The molecule has 0 radical (unpaired) electrons. The van der Waals surface area contributed by atoms with Gasteiger partial charge in [-0.05, 0) is 62.2 Å². The zero-order valence-corrected chi connectivity index (χ0v) is 21.0. The smallest absolute Gasteiger partial charge is 0.378 e. The van der Waals surface area contributed by atoms with Crippen molar-refractivity contribution in [2.24, 2.45) is 0 Å². The van der Waals surface area contributed by atoms with E-state index in [1.807, 2.05) is 9.80 Å². The van der Waals surface area contributed by atoms with Crippen molar-refractivity contribution in [3.8, 4) is 0 Å². The fourth-order valence-electron chi connectivity index (χ4n) is 4.73. The number of halogens is 5. The van der Waals surface area contributed by atoms with Gasteiger partial charge in [0.05, 0.1) is 17.6 Å². The summed E-state index contributed by atoms with van der Waals surface area (Å²) < 4.78 is 41.3. The van der Waals surface area contributed by atoms with E-state index in [9.17, 15) is 18.0 Å². The van der Waals surface area contributed by atoms with Crippen molar-refractivity contribution in [3.05, 3.63) is 57.6 Å². The molecule has 0 spiro atoms. The fourth-order valence-corrected chi connectivity index (χ4v) is 5.30. The lowest BCUT2D eigenvalue weighted by Gasteiger charge is -2.38. The average molecular weight is 529 g/mol. The van der Waals surface area contributed by atoms with Crippen molar-refractivity contribution in [1.29, 1.82) is 0 Å². The molecule has 2 N–H and O–H groups in total. The van der Waals surface area contributed by atoms with Crippen LogP contribution in [0.3, 0.4) is 0 Å². The number of benzene rings is 2. The summed E-state index contributed by atoms with van der Waals surface area (Å²) in [5, 5.41) is 7.13. The van der Waals surface area contributed by atoms with E-state index in [2.05, 4.69) is 10.6 Å². The monoisotopic (exact) mass is 528 g/mol. The van der Waals surface area contributed by atoms with Gasteiger partial charge in [-0.2, -0.15) is 13.2 Å². The lowest BCUT2D eigenvalue weighted by atomic mass is 10.0. The highest BCUT2D eigenvalue weighted by atomic mass is 35.5. The predicted octanol–water partition coefficient (Wildman–Crippen LogP) is 5.98. The van der Waals surface area contributed by atoms with Gasteiger partial charge in [-0.15, -0.1) is 0 Å². The number of piperidine rings is 1. The minimum absolute atomic E-state index is 0.0153. The third-order valence-corrected chi connectivity index (χ3v) is 7.24. The fraction of sp³-hybridized carbons (Fsp3) is 0.480. The van der Waals surface area contributed by atoms with E-state index in [1.165, 1.54) is 12.1 Å². The lowest BCUT2D eigenvalue weighted by Crippen LogP contribution is -2.55. The van der Waals surface area contributed by atoms with Gasteiger partial charge in [0.1, 0.15) is 0 Å². The van der Waals surface area contributed by atoms with Crippen LogP contribution in [-0.2, 0) is 11.0 Å². The Kier molecular flexibility index (Phi) is 8.03. The normalized spacial score (nSPS) is 20.0. The topological polar surface area (TPSA) is 47.6 Å². The van der Waals surface area contributed by atoms with Crippen molar-refractivity contribution in [3.63, 3.8) is 0 Å². The number of rotatable bonds is 5. The number of carbonyl (C=O) groups excluding carboxylic acids is 1. The SMILES string of the molecule is CC(Nc1cc(N2CCN(C(=O)[C@H]3CCCCN3)CC2)ccc1C(F)(F)F)c1ccc(Cl)cc1Cl. The second-order valence-electron chi connectivity index (χ2n) is 9.07. The van der Waals surface area contributed by atoms with Crippen LogP contribution < -0.4 is 15.5 Å². The number of nitrogens with one attached hydrogen (secondary N) is 2. The zero-order chi connectivity index (χ0) is 25.2. The Hall–Kier alpha value is -2.16. The van der Waals surface area contributed by atoms with Gasteiger partial charge in [-0.25, -0.2) is 0 Å². The minimum Gasteiger partial charge on any atom is -0.378 e. The summed E-state index contributed by atoms with van der Waals surface area (Å²) in [6, 6.07) is 8.46. The van der Waals surface area contributed by atoms with E-state index in [0.29, 0.717) is 47.5 Å². The first-order chi connectivity index (χ1) is 16.6. The van der Waals surface area contributed by atoms with E-state index < -0.39 is 17.8 Å². The van der Waals surface area contributed by atoms with Gasteiger partial charge in [0.2, 0.25) is 5.91 Å². The Bertz CT molecular complexity index is 1050. The Labute approximate surface area is 213 Å². The van der Waals surface area contributed by atoms with Crippen LogP contribution in [0.1, 0.15) is 43.4 Å². The number of hydrogen-bond donors (Lipinski definition) is 2. The highest BCUT2D eigenvalue weighted by molar-refractivity contribution is 6.35. The lowest BCUT2D eigenvalue weighted by molar-refractivity contribution is -0.137. The molecular formula is C25H29Cl2F3N4O. The maximum Gasteiger partial charge on any atom is 0.418 e. The van der Waals surface area contributed by atoms with E-state index in [-0.39, 0.29) is 17.6 Å². The molecule has 2 heterocycles. The van der Waals surface area contributed by atoms with Crippen molar-refractivity contribution < 1.29 is 18.0 Å². The molecule has 10 heteroatoms. The van der Waals surface area contributed by atoms with E-state index in [4.69, 9.17) is 23.2 Å². The molecule has 4 rings (SSSR count). The molecule has 5 nitrogen and oxygen atoms in total. The van der Waals surface area contributed by atoms with Crippen LogP contribution in [0.5, 0.6) is 0 Å². The minimum atomic E-state index is -4.51. The Balaban J connectivity index is 1.49. The Morgan fingerprint density at radius 1 is 1.09 bits per heavy atom. The van der Waals surface area contributed by atoms with Crippen molar-refractivity contribution in [2.75, 3.05) is 42.9 Å². The predicted molar refractivity (Wildman–Crippen MR) is 134 cm³/mol. The van der Waals surface area contributed by atoms with E-state index >= 15 is 0 Å². The highest BCUT2D eigenvalue weighted by Gasteiger charge is 2.35. The number of hydrogen-bond acceptors (Lipinski definition) is 4. The van der Waals surface area contributed by atoms with Gasteiger partial charge < -0.3 is 20.4 Å². The molecule has 190 valence electrons. The van der Waals surface area contributed by atoms with Crippen LogP contribution in [-0.4, -0.2) is 49.6 Å². The molecule has 0 saturated carbocycles. The number of alkyl halides is 3. The van der Waals surface area contributed by atoms with E-state index in [1.54, 1.807) is 25.1 Å². The number of nitrogens with zero attached hydrogens (tertiary/aromatic N) is 2. The largest absolute Gasteiger partial charge is 0.418 e. The molecule has 2 aliphatic heterocycles. The van der Waals surface area contributed by atoms with Crippen molar-refractivity contribution in [2.45, 2.75) is 44.4 Å². The molecule has 35 heavy (non-hydrogen) atoms. The van der Waals surface area contributed by atoms with Crippen LogP contribution in [0.4, 0.5) is 24.5 Å². The van der Waals surface area contributed by atoms with Gasteiger partial charge >= 0.3 is 6.18 Å². The molecule has 2 aromatic carbocycles. The molecule has 0 aliphatic carbocycles. The Morgan fingerprint density at radius 2 is 1.83 bits per heavy atom. The van der Waals surface area contributed by atoms with Gasteiger partial charge in [0.25, 0.3) is 0 Å². The molecule has 1 amide bonds. The molecular weight excluding hydrogens is 500 g/mol. The summed E-state index contributed by atoms with van der Waals surface area (Å²) in [4.78, 5) is 16.7. The third-order valence-electron chi connectivity index (χ3n) is 6.67. The summed E-state index contributed by atoms with van der Waals surface area (Å²) in [6.45, 7) is 4.81. The molecule has 2 aliphatic rings. The van der Waals surface area contributed by atoms with Gasteiger partial charge in [-0.3, -0.25) is 4.79 Å². The molecule has 2 aromatic rings. The van der Waals surface area contributed by atoms with Crippen LogP contribution >= 0.6 is 23.2 Å². The van der Waals surface area contributed by atoms with Crippen LogP contribution in [0.15, 0.2) is 36.4 Å². The summed E-state index contributed by atoms with van der Waals surface area (Å²) in [6.07, 6.45) is -1.53. The standard InChI is InChI=1S/C25H29Cl2F3N4O/c1-16(19-7-5-17(26)14-21(19)27)32-23-15-18(6-8-20(23)25(28,29)30)33-10-12-34(13-11-33)24(35)22-4-2-3-9-31-22/h5-8,14-16,22,31-32H,2-4,9-13H2,1H3/t16?,22-/m1/s1. The van der Waals surface area contributed by atoms with Crippen LogP contribution in [0.2, 0.25) is 10.0 Å². The third kappa shape index (κ3) is 6.16. The molecule has 1 unspecified atom stereocenters. The van der Waals surface area contributed by atoms with Crippen LogP contribution in [0.25, 0.3) is 0 Å². The maximum atomic E-state index is 13.8. The van der Waals surface area contributed by atoms with Crippen LogP contribution in [0, 0.1) is 0 Å². The number of amides is 1.